The van der Waals surface area contributed by atoms with Crippen molar-refractivity contribution in [2.24, 2.45) is 0 Å². The number of carbonyl (C=O) groups is 1. The molecule has 14 heteroatoms. The molecule has 404 valence electrons. The van der Waals surface area contributed by atoms with E-state index in [9.17, 15) is 30.7 Å². The van der Waals surface area contributed by atoms with E-state index < -0.39 is 20.2 Å². The van der Waals surface area contributed by atoms with Gasteiger partial charge >= 0.3 is 0 Å². The lowest BCUT2D eigenvalue weighted by Crippen LogP contribution is -2.28. The lowest BCUT2D eigenvalue weighted by Gasteiger charge is -2.17. The van der Waals surface area contributed by atoms with Crippen molar-refractivity contribution < 1.29 is 39.9 Å². The number of unbranched alkanes of at least 4 members (excludes halogenated alkanes) is 2. The van der Waals surface area contributed by atoms with Crippen molar-refractivity contribution >= 4 is 94.3 Å². The van der Waals surface area contributed by atoms with Crippen molar-refractivity contribution in [2.75, 3.05) is 34.8 Å². The van der Waals surface area contributed by atoms with Crippen LogP contribution in [-0.4, -0.2) is 77.0 Å². The van der Waals surface area contributed by atoms with E-state index in [2.05, 4.69) is 116 Å². The molecule has 0 fully saturated rings. The van der Waals surface area contributed by atoms with E-state index >= 15 is 0 Å². The summed E-state index contributed by atoms with van der Waals surface area (Å²) in [7, 11) is -8.35. The molecule has 77 heavy (non-hydrogen) atoms. The molecule has 2 aliphatic rings. The van der Waals surface area contributed by atoms with Crippen LogP contribution in [0, 0.1) is 0 Å². The van der Waals surface area contributed by atoms with E-state index in [1.807, 2.05) is 128 Å². The fourth-order valence-electron chi connectivity index (χ4n) is 9.75. The molecular weight excluding hydrogens is 1020 g/mol. The largest absolute Gasteiger partial charge is 0.748 e. The predicted molar refractivity (Wildman–Crippen MR) is 320 cm³/mol. The molecule has 1 N–H and O–H groups in total. The van der Waals surface area contributed by atoms with Crippen molar-refractivity contribution in [2.45, 2.75) is 78.1 Å². The van der Waals surface area contributed by atoms with Crippen LogP contribution in [-0.2, 0) is 35.9 Å². The molecule has 8 rings (SSSR count). The number of nitrogens with one attached hydrogen (secondary N) is 1. The lowest BCUT2D eigenvalue weighted by molar-refractivity contribution is -0.439. The highest BCUT2D eigenvalue weighted by atomic mass is 35.5. The highest BCUT2D eigenvalue weighted by Crippen LogP contribution is 2.45. The normalized spacial score (nSPS) is 14.7. The van der Waals surface area contributed by atoms with E-state index in [0.717, 1.165) is 29.3 Å². The Labute approximate surface area is 462 Å². The lowest BCUT2D eigenvalue weighted by atomic mass is 9.79. The third-order valence-corrected chi connectivity index (χ3v) is 15.2. The number of rotatable bonds is 19. The van der Waals surface area contributed by atoms with Gasteiger partial charge in [0, 0.05) is 91.3 Å². The number of amides is 1. The number of hydrogen-bond donors (Lipinski definition) is 1. The third kappa shape index (κ3) is 16.5. The Bertz CT molecular complexity index is 3470. The van der Waals surface area contributed by atoms with Gasteiger partial charge in [0.15, 0.2) is 11.4 Å². The second-order valence-electron chi connectivity index (χ2n) is 19.6. The third-order valence-electron chi connectivity index (χ3n) is 13.6. The number of hydrogen-bond acceptors (Lipinski definition) is 8. The SMILES string of the molecule is C=C/C=C/C=C/Nc1ccccc1.CC(=O)N(/C=C/C=C/C=C/C1=[N+](CCCCS(=O)(=O)[O-])c2ccc3ccccc3c2C1(C)C)c1ccccc1.CC1=[N+](CCCCS(=O)(=O)[O-])c2ccc3ccccc3c2C1(C)C.Cl. The first-order chi connectivity index (χ1) is 36.2. The van der Waals surface area contributed by atoms with Crippen LogP contribution in [0.1, 0.15) is 78.4 Å². The van der Waals surface area contributed by atoms with Crippen LogP contribution < -0.4 is 10.2 Å². The topological polar surface area (TPSA) is 153 Å². The van der Waals surface area contributed by atoms with Gasteiger partial charge in [-0.1, -0.05) is 128 Å². The Morgan fingerprint density at radius 3 is 1.62 bits per heavy atom. The van der Waals surface area contributed by atoms with Gasteiger partial charge in [-0.3, -0.25) is 9.69 Å². The molecule has 0 unspecified atom stereocenters. The second kappa shape index (κ2) is 27.9. The van der Waals surface area contributed by atoms with Crippen molar-refractivity contribution in [1.82, 2.24) is 0 Å². The van der Waals surface area contributed by atoms with Crippen molar-refractivity contribution in [3.05, 3.63) is 218 Å². The van der Waals surface area contributed by atoms with E-state index in [4.69, 9.17) is 0 Å². The number of anilines is 2. The molecule has 0 atom stereocenters. The Hall–Kier alpha value is -7.00. The molecule has 1 amide bonds. The van der Waals surface area contributed by atoms with Gasteiger partial charge in [-0.05, 0) is 111 Å². The summed E-state index contributed by atoms with van der Waals surface area (Å²) in [6.07, 6.45) is 22.8. The van der Waals surface area contributed by atoms with Crippen LogP contribution in [0.3, 0.4) is 0 Å². The summed E-state index contributed by atoms with van der Waals surface area (Å²) >= 11 is 0. The standard InChI is InChI=1S/C32H34N2O4S.C19H23NO3S.C12H13N.ClH/c1-25(35)33(27-16-7-6-8-17-27)22-12-5-4-9-19-30-32(2,3)31-28-18-11-10-15-26(28)20-21-29(31)34(30)23-13-14-24-39(36,37)38;1-14-19(2,3)18-16-9-5-4-8-15(16)10-11-17(18)20(14)12-6-7-13-24(21,22)23;1-2-3-4-8-11-13-12-9-6-5-7-10-12;/h4-12,15-22H,13-14,23-24H2,1-3H3;4-5,8-11H,6-7,12-13H2,1-3H3;2-11,13H,1H2;1H/b;;4-3+,11-8+;. The van der Waals surface area contributed by atoms with Crippen LogP contribution in [0.25, 0.3) is 21.5 Å². The van der Waals surface area contributed by atoms with Gasteiger partial charge in [-0.15, -0.1) is 12.4 Å². The monoisotopic (exact) mass is 1090 g/mol. The van der Waals surface area contributed by atoms with Gasteiger partial charge in [0.2, 0.25) is 17.3 Å². The molecular formula is C63H71ClN4O7S2. The fourth-order valence-corrected chi connectivity index (χ4v) is 10.9. The smallest absolute Gasteiger partial charge is 0.227 e. The number of carbonyl (C=O) groups excluding carboxylic acids is 1. The number of allylic oxidation sites excluding steroid dienone is 9. The van der Waals surface area contributed by atoms with Gasteiger partial charge in [-0.2, -0.15) is 9.15 Å². The summed E-state index contributed by atoms with van der Waals surface area (Å²) in [5.74, 6) is -0.710. The van der Waals surface area contributed by atoms with E-state index in [1.54, 1.807) is 17.2 Å². The summed E-state index contributed by atoms with van der Waals surface area (Å²) in [4.78, 5) is 13.7. The van der Waals surface area contributed by atoms with Crippen LogP contribution in [0.15, 0.2) is 207 Å². The number of benzene rings is 6. The van der Waals surface area contributed by atoms with Gasteiger partial charge in [-0.25, -0.2) is 16.8 Å². The predicted octanol–water partition coefficient (Wildman–Crippen LogP) is 13.6. The molecule has 2 aliphatic heterocycles. The first-order valence-corrected chi connectivity index (χ1v) is 28.7. The molecule has 0 aromatic heterocycles. The molecule has 2 heterocycles. The minimum Gasteiger partial charge on any atom is -0.748 e. The molecule has 0 aliphatic carbocycles. The second-order valence-corrected chi connectivity index (χ2v) is 22.7. The van der Waals surface area contributed by atoms with Crippen LogP contribution in [0.2, 0.25) is 0 Å². The highest BCUT2D eigenvalue weighted by Gasteiger charge is 2.46. The van der Waals surface area contributed by atoms with Gasteiger partial charge in [0.25, 0.3) is 0 Å². The first kappa shape index (κ1) is 60.9. The molecule has 0 radical (unpaired) electrons. The average molecular weight is 1100 g/mol. The highest BCUT2D eigenvalue weighted by molar-refractivity contribution is 7.85. The number of halogens is 1. The molecule has 11 nitrogen and oxygen atoms in total. The van der Waals surface area contributed by atoms with Gasteiger partial charge in [0.05, 0.1) is 31.1 Å². The van der Waals surface area contributed by atoms with E-state index in [0.29, 0.717) is 32.2 Å². The number of nitrogens with zero attached hydrogens (tertiary/aromatic N) is 3. The van der Waals surface area contributed by atoms with Crippen LogP contribution in [0.4, 0.5) is 22.7 Å². The maximum atomic E-state index is 12.1. The zero-order valence-electron chi connectivity index (χ0n) is 44.8. The van der Waals surface area contributed by atoms with E-state index in [-0.39, 0.29) is 40.6 Å². The van der Waals surface area contributed by atoms with Crippen LogP contribution >= 0.6 is 12.4 Å². The van der Waals surface area contributed by atoms with Gasteiger partial charge < -0.3 is 14.4 Å². The molecule has 0 saturated heterocycles. The summed E-state index contributed by atoms with van der Waals surface area (Å²) in [6, 6.07) is 44.8. The average Bonchev–Trinajstić information content (AvgIpc) is 3.73. The Kier molecular flexibility index (Phi) is 22.0. The minimum atomic E-state index is -4.23. The number of para-hydroxylation sites is 2. The molecule has 0 bridgehead atoms. The van der Waals surface area contributed by atoms with Crippen molar-refractivity contribution in [3.63, 3.8) is 0 Å². The fraction of sp³-hybridized carbons (Fsp3) is 0.254. The van der Waals surface area contributed by atoms with E-state index in [1.165, 1.54) is 51.0 Å². The Morgan fingerprint density at radius 1 is 0.597 bits per heavy atom. The quantitative estimate of drug-likeness (QED) is 0.0364. The number of fused-ring (bicyclic) bond motifs is 6. The van der Waals surface area contributed by atoms with Crippen LogP contribution in [0.5, 0.6) is 0 Å². The summed E-state index contributed by atoms with van der Waals surface area (Å²) in [5, 5.41) is 8.00. The summed E-state index contributed by atoms with van der Waals surface area (Å²) in [5.41, 5.74) is 8.76. The van der Waals surface area contributed by atoms with Crippen molar-refractivity contribution in [1.29, 1.82) is 0 Å². The molecule has 6 aromatic carbocycles. The Morgan fingerprint density at radius 2 is 1.08 bits per heavy atom. The van der Waals surface area contributed by atoms with Crippen molar-refractivity contribution in [3.8, 4) is 0 Å². The molecule has 0 spiro atoms. The minimum absolute atomic E-state index is 0. The molecule has 0 saturated carbocycles. The zero-order chi connectivity index (χ0) is 54.9. The maximum Gasteiger partial charge on any atom is 0.227 e. The molecule has 6 aromatic rings. The summed E-state index contributed by atoms with van der Waals surface area (Å²) in [6.45, 7) is 17.5. The maximum absolute atomic E-state index is 12.1. The Balaban J connectivity index is 0.000000243. The zero-order valence-corrected chi connectivity index (χ0v) is 47.3. The first-order valence-electron chi connectivity index (χ1n) is 25.5. The summed E-state index contributed by atoms with van der Waals surface area (Å²) < 4.78 is 70.1. The van der Waals surface area contributed by atoms with Gasteiger partial charge in [0.1, 0.15) is 13.1 Å².